The van der Waals surface area contributed by atoms with Gasteiger partial charge in [0.15, 0.2) is 13.6 Å². The maximum atomic E-state index is 10.9. The summed E-state index contributed by atoms with van der Waals surface area (Å²) < 4.78 is 22.5. The maximum absolute atomic E-state index is 10.9. The van der Waals surface area contributed by atoms with Crippen molar-refractivity contribution in [1.29, 1.82) is 0 Å². The number of ether oxygens (including phenoxy) is 4. The third-order valence-corrected chi connectivity index (χ3v) is 5.92. The van der Waals surface area contributed by atoms with Gasteiger partial charge in [0.25, 0.3) is 0 Å². The summed E-state index contributed by atoms with van der Waals surface area (Å²) in [7, 11) is 3.25. The summed E-state index contributed by atoms with van der Waals surface area (Å²) >= 11 is 0. The molecular formula is C25H40O5. The number of hydrogen-bond acceptors (Lipinski definition) is 5. The van der Waals surface area contributed by atoms with Gasteiger partial charge in [-0.05, 0) is 70.1 Å². The molecule has 0 bridgehead atoms. The fourth-order valence-corrected chi connectivity index (χ4v) is 4.38. The number of benzene rings is 1. The molecule has 0 saturated heterocycles. The second kappa shape index (κ2) is 11.7. The molecule has 2 atom stereocenters. The van der Waals surface area contributed by atoms with Gasteiger partial charge in [0.2, 0.25) is 0 Å². The highest BCUT2D eigenvalue weighted by Crippen LogP contribution is 2.49. The number of hydrogen-bond donors (Lipinski definition) is 1. The molecule has 5 nitrogen and oxygen atoms in total. The summed E-state index contributed by atoms with van der Waals surface area (Å²) in [5.74, 6) is 1.71. The smallest absolute Gasteiger partial charge is 0.188 e. The van der Waals surface area contributed by atoms with E-state index in [1.165, 1.54) is 24.0 Å². The number of allylic oxidation sites excluding steroid dienone is 2. The molecule has 0 amide bonds. The van der Waals surface area contributed by atoms with Crippen LogP contribution in [0.1, 0.15) is 76.8 Å². The predicted octanol–water partition coefficient (Wildman–Crippen LogP) is 5.60. The van der Waals surface area contributed by atoms with E-state index in [2.05, 4.69) is 32.1 Å². The first-order valence-corrected chi connectivity index (χ1v) is 11.1. The second-order valence-corrected chi connectivity index (χ2v) is 8.92. The minimum atomic E-state index is -0.821. The van der Waals surface area contributed by atoms with E-state index >= 15 is 0 Å². The van der Waals surface area contributed by atoms with Gasteiger partial charge in [-0.3, -0.25) is 0 Å². The molecule has 0 saturated carbocycles. The lowest BCUT2D eigenvalue weighted by Gasteiger charge is -2.40. The largest absolute Gasteiger partial charge is 0.467 e. The van der Waals surface area contributed by atoms with Crippen molar-refractivity contribution >= 4 is 0 Å². The first kappa shape index (κ1) is 24.7. The number of rotatable bonds is 12. The first-order valence-electron chi connectivity index (χ1n) is 11.1. The van der Waals surface area contributed by atoms with Crippen molar-refractivity contribution in [3.8, 4) is 11.5 Å². The molecule has 1 aliphatic carbocycles. The Morgan fingerprint density at radius 3 is 2.13 bits per heavy atom. The van der Waals surface area contributed by atoms with Crippen LogP contribution in [0, 0.1) is 5.92 Å². The lowest BCUT2D eigenvalue weighted by molar-refractivity contribution is 0.000467. The van der Waals surface area contributed by atoms with Crippen molar-refractivity contribution in [1.82, 2.24) is 0 Å². The van der Waals surface area contributed by atoms with Crippen LogP contribution in [0.4, 0.5) is 0 Å². The molecule has 1 aromatic rings. The zero-order chi connectivity index (χ0) is 22.1. The number of methoxy groups -OCH3 is 2. The monoisotopic (exact) mass is 420 g/mol. The molecule has 1 aromatic carbocycles. The van der Waals surface area contributed by atoms with Gasteiger partial charge in [0.1, 0.15) is 11.5 Å². The molecule has 0 spiro atoms. The van der Waals surface area contributed by atoms with Crippen molar-refractivity contribution in [3.63, 3.8) is 0 Å². The highest BCUT2D eigenvalue weighted by Gasteiger charge is 2.39. The summed E-state index contributed by atoms with van der Waals surface area (Å²) in [5.41, 5.74) is 2.69. The van der Waals surface area contributed by atoms with E-state index in [0.717, 1.165) is 42.7 Å². The lowest BCUT2D eigenvalue weighted by atomic mass is 9.69. The van der Waals surface area contributed by atoms with Crippen molar-refractivity contribution < 1.29 is 24.1 Å². The molecule has 30 heavy (non-hydrogen) atoms. The fraction of sp³-hybridized carbons (Fsp3) is 0.680. The minimum Gasteiger partial charge on any atom is -0.467 e. The Morgan fingerprint density at radius 1 is 1.03 bits per heavy atom. The average molecular weight is 421 g/mol. The lowest BCUT2D eigenvalue weighted by Crippen LogP contribution is -2.37. The Bertz CT molecular complexity index is 660. The van der Waals surface area contributed by atoms with E-state index in [-0.39, 0.29) is 25.4 Å². The maximum Gasteiger partial charge on any atom is 0.188 e. The third-order valence-electron chi connectivity index (χ3n) is 5.92. The Hall–Kier alpha value is -1.56. The van der Waals surface area contributed by atoms with Gasteiger partial charge in [-0.15, -0.1) is 0 Å². The van der Waals surface area contributed by atoms with E-state index in [9.17, 15) is 5.11 Å². The highest BCUT2D eigenvalue weighted by atomic mass is 16.7. The normalized spacial score (nSPS) is 19.5. The van der Waals surface area contributed by atoms with Crippen LogP contribution in [-0.2, 0) is 15.9 Å². The summed E-state index contributed by atoms with van der Waals surface area (Å²) in [6.45, 7) is 8.48. The topological polar surface area (TPSA) is 57.2 Å². The molecule has 1 aliphatic rings. The number of aliphatic hydroxyl groups is 1. The van der Waals surface area contributed by atoms with Gasteiger partial charge >= 0.3 is 0 Å². The van der Waals surface area contributed by atoms with Crippen molar-refractivity contribution in [3.05, 3.63) is 34.9 Å². The molecule has 5 heteroatoms. The van der Waals surface area contributed by atoms with Crippen molar-refractivity contribution in [2.45, 2.75) is 77.7 Å². The Balaban J connectivity index is 2.55. The molecule has 170 valence electrons. The zero-order valence-electron chi connectivity index (χ0n) is 19.6. The Kier molecular flexibility index (Phi) is 9.66. The highest BCUT2D eigenvalue weighted by molar-refractivity contribution is 5.51. The first-order chi connectivity index (χ1) is 14.3. The molecule has 2 rings (SSSR count). The minimum absolute atomic E-state index is 0.0573. The van der Waals surface area contributed by atoms with E-state index in [4.69, 9.17) is 18.9 Å². The van der Waals surface area contributed by atoms with Crippen LogP contribution >= 0.6 is 0 Å². The van der Waals surface area contributed by atoms with Crippen LogP contribution in [0.15, 0.2) is 23.8 Å². The molecule has 0 fully saturated rings. The van der Waals surface area contributed by atoms with E-state index in [1.807, 2.05) is 13.8 Å². The van der Waals surface area contributed by atoms with E-state index in [0.29, 0.717) is 0 Å². The van der Waals surface area contributed by atoms with Gasteiger partial charge in [-0.2, -0.15) is 0 Å². The molecule has 0 aliphatic heterocycles. The average Bonchev–Trinajstić information content (AvgIpc) is 2.69. The number of aryl methyl sites for hydroxylation is 1. The zero-order valence-corrected chi connectivity index (χ0v) is 19.6. The van der Waals surface area contributed by atoms with E-state index in [1.54, 1.807) is 14.2 Å². The van der Waals surface area contributed by atoms with Crippen LogP contribution in [0.25, 0.3) is 0 Å². The van der Waals surface area contributed by atoms with Crippen molar-refractivity contribution in [2.75, 3.05) is 27.8 Å². The van der Waals surface area contributed by atoms with Crippen LogP contribution < -0.4 is 9.47 Å². The summed E-state index contributed by atoms with van der Waals surface area (Å²) in [6, 6.07) is 4.25. The molecule has 0 heterocycles. The van der Waals surface area contributed by atoms with Crippen LogP contribution in [0.3, 0.4) is 0 Å². The fourth-order valence-electron chi connectivity index (χ4n) is 4.38. The van der Waals surface area contributed by atoms with Gasteiger partial charge in [0, 0.05) is 25.7 Å². The third kappa shape index (κ3) is 6.73. The van der Waals surface area contributed by atoms with Crippen LogP contribution in [-0.4, -0.2) is 38.5 Å². The summed E-state index contributed by atoms with van der Waals surface area (Å²) in [4.78, 5) is 0. The Morgan fingerprint density at radius 2 is 1.63 bits per heavy atom. The van der Waals surface area contributed by atoms with E-state index < -0.39 is 5.60 Å². The van der Waals surface area contributed by atoms with Crippen LogP contribution in [0.2, 0.25) is 0 Å². The Labute approximate surface area is 182 Å². The number of unbranched alkanes of at least 4 members (excludes halogenated alkanes) is 2. The van der Waals surface area contributed by atoms with Crippen molar-refractivity contribution in [2.24, 2.45) is 5.92 Å². The predicted molar refractivity (Wildman–Crippen MR) is 120 cm³/mol. The summed E-state index contributed by atoms with van der Waals surface area (Å²) in [6.07, 6.45) is 8.39. The standard InChI is InChI=1S/C25H40O5/c1-7-8-9-10-19-14-22(29-16-27-5)24(23(15-19)30-17-28-6)20-13-18(2)11-12-21(20)25(3,4)26/h11,14-15,20-21,26H,7-10,12-13,16-17H2,1-6H3/t20-,21-/m1/s1. The molecule has 0 aromatic heterocycles. The van der Waals surface area contributed by atoms with Crippen LogP contribution in [0.5, 0.6) is 11.5 Å². The van der Waals surface area contributed by atoms with Gasteiger partial charge in [-0.25, -0.2) is 0 Å². The molecular weight excluding hydrogens is 380 g/mol. The van der Waals surface area contributed by atoms with Gasteiger partial charge in [0.05, 0.1) is 5.60 Å². The molecule has 0 radical (unpaired) electrons. The quantitative estimate of drug-likeness (QED) is 0.271. The summed E-state index contributed by atoms with van der Waals surface area (Å²) in [5, 5.41) is 10.9. The SMILES string of the molecule is CCCCCc1cc(OCOC)c([C@@H]2CC(C)=CC[C@H]2C(C)(C)O)c(OCOC)c1. The van der Waals surface area contributed by atoms with Gasteiger partial charge < -0.3 is 24.1 Å². The molecule has 0 unspecified atom stereocenters. The van der Waals surface area contributed by atoms with Gasteiger partial charge in [-0.1, -0.05) is 31.4 Å². The molecule has 1 N–H and O–H groups in total. The second-order valence-electron chi connectivity index (χ2n) is 8.92.